The number of rotatable bonds is 3. The first kappa shape index (κ1) is 14.5. The summed E-state index contributed by atoms with van der Waals surface area (Å²) in [6.45, 7) is 1.85. The third-order valence-electron chi connectivity index (χ3n) is 2.94. The molecule has 0 bridgehead atoms. The Morgan fingerprint density at radius 3 is 2.40 bits per heavy atom. The minimum absolute atomic E-state index is 0.135. The van der Waals surface area contributed by atoms with Crippen molar-refractivity contribution in [1.82, 2.24) is 0 Å². The summed E-state index contributed by atoms with van der Waals surface area (Å²) in [5, 5.41) is 11.8. The molecule has 0 fully saturated rings. The number of hydrogen-bond donors (Lipinski definition) is 1. The summed E-state index contributed by atoms with van der Waals surface area (Å²) in [4.78, 5) is 0. The van der Waals surface area contributed by atoms with E-state index in [0.717, 1.165) is 5.56 Å². The summed E-state index contributed by atoms with van der Waals surface area (Å²) < 4.78 is 27.1. The van der Waals surface area contributed by atoms with Crippen LogP contribution >= 0.6 is 15.9 Å². The zero-order chi connectivity index (χ0) is 14.7. The first-order valence-corrected chi connectivity index (χ1v) is 6.72. The van der Waals surface area contributed by atoms with Crippen molar-refractivity contribution >= 4 is 21.6 Å². The maximum atomic E-state index is 14.1. The molecule has 1 unspecified atom stereocenters. The molecule has 0 aromatic heterocycles. The second-order valence-corrected chi connectivity index (χ2v) is 5.11. The molecule has 0 saturated heterocycles. The smallest absolute Gasteiger partial charge is 0.161 e. The van der Waals surface area contributed by atoms with E-state index < -0.39 is 5.82 Å². The van der Waals surface area contributed by atoms with Gasteiger partial charge in [-0.2, -0.15) is 5.26 Å². The molecule has 1 N–H and O–H groups in total. The van der Waals surface area contributed by atoms with E-state index in [0.29, 0.717) is 0 Å². The summed E-state index contributed by atoms with van der Waals surface area (Å²) in [6.07, 6.45) is 0. The van der Waals surface area contributed by atoms with Crippen LogP contribution < -0.4 is 5.32 Å². The Morgan fingerprint density at radius 2 is 1.80 bits per heavy atom. The second kappa shape index (κ2) is 6.02. The van der Waals surface area contributed by atoms with Crippen LogP contribution in [0.5, 0.6) is 0 Å². The molecule has 2 aromatic carbocycles. The number of nitrogens with one attached hydrogen (secondary N) is 1. The standard InChI is InChI=1S/C15H11BrF2N2/c1-9(10-2-5-12(17)6-3-10)20-13-7-4-11(8-19)14(16)15(13)18/h2-7,9,20H,1H3. The fraction of sp³-hybridized carbons (Fsp3) is 0.133. The van der Waals surface area contributed by atoms with Gasteiger partial charge in [0.2, 0.25) is 0 Å². The molecule has 0 aliphatic rings. The maximum absolute atomic E-state index is 14.1. The van der Waals surface area contributed by atoms with Crippen molar-refractivity contribution in [2.45, 2.75) is 13.0 Å². The van der Waals surface area contributed by atoms with Gasteiger partial charge >= 0.3 is 0 Å². The minimum Gasteiger partial charge on any atom is -0.376 e. The van der Waals surface area contributed by atoms with E-state index in [1.807, 2.05) is 13.0 Å². The number of hydrogen-bond acceptors (Lipinski definition) is 2. The van der Waals surface area contributed by atoms with Gasteiger partial charge in [-0.1, -0.05) is 12.1 Å². The van der Waals surface area contributed by atoms with Crippen molar-refractivity contribution < 1.29 is 8.78 Å². The molecule has 0 spiro atoms. The van der Waals surface area contributed by atoms with Crippen LogP contribution in [-0.4, -0.2) is 0 Å². The number of anilines is 1. The molecule has 0 heterocycles. The molecule has 2 rings (SSSR count). The Hall–Kier alpha value is -1.93. The summed E-state index contributed by atoms with van der Waals surface area (Å²) >= 11 is 3.06. The summed E-state index contributed by atoms with van der Waals surface area (Å²) in [6, 6.07) is 10.8. The highest BCUT2D eigenvalue weighted by atomic mass is 79.9. The summed E-state index contributed by atoms with van der Waals surface area (Å²) in [5.74, 6) is -0.828. The highest BCUT2D eigenvalue weighted by Gasteiger charge is 2.13. The number of nitrogens with zero attached hydrogens (tertiary/aromatic N) is 1. The van der Waals surface area contributed by atoms with Crippen LogP contribution in [0, 0.1) is 23.0 Å². The van der Waals surface area contributed by atoms with Gasteiger partial charge in [-0.15, -0.1) is 0 Å². The van der Waals surface area contributed by atoms with Gasteiger partial charge in [0, 0.05) is 6.04 Å². The lowest BCUT2D eigenvalue weighted by Gasteiger charge is -2.17. The van der Waals surface area contributed by atoms with Crippen LogP contribution in [0.3, 0.4) is 0 Å². The number of halogens is 3. The highest BCUT2D eigenvalue weighted by Crippen LogP contribution is 2.29. The predicted molar refractivity (Wildman–Crippen MR) is 77.3 cm³/mol. The third kappa shape index (κ3) is 2.97. The zero-order valence-corrected chi connectivity index (χ0v) is 12.2. The van der Waals surface area contributed by atoms with Crippen molar-refractivity contribution in [3.8, 4) is 6.07 Å². The van der Waals surface area contributed by atoms with Crippen LogP contribution in [0.4, 0.5) is 14.5 Å². The Labute approximate surface area is 124 Å². The van der Waals surface area contributed by atoms with Crippen LogP contribution in [0.15, 0.2) is 40.9 Å². The average Bonchev–Trinajstić information content (AvgIpc) is 2.45. The number of benzene rings is 2. The maximum Gasteiger partial charge on any atom is 0.161 e. The molecule has 1 atom stereocenters. The molecule has 2 nitrogen and oxygen atoms in total. The fourth-order valence-electron chi connectivity index (χ4n) is 1.82. The lowest BCUT2D eigenvalue weighted by molar-refractivity contribution is 0.619. The van der Waals surface area contributed by atoms with E-state index in [-0.39, 0.29) is 27.6 Å². The molecule has 20 heavy (non-hydrogen) atoms. The van der Waals surface area contributed by atoms with Gasteiger partial charge in [-0.25, -0.2) is 8.78 Å². The normalized spacial score (nSPS) is 11.8. The lowest BCUT2D eigenvalue weighted by atomic mass is 10.1. The van der Waals surface area contributed by atoms with Crippen molar-refractivity contribution in [2.24, 2.45) is 0 Å². The van der Waals surface area contributed by atoms with E-state index in [9.17, 15) is 8.78 Å². The first-order chi connectivity index (χ1) is 9.52. The Morgan fingerprint density at radius 1 is 1.15 bits per heavy atom. The predicted octanol–water partition coefficient (Wildman–Crippen LogP) is 4.77. The van der Waals surface area contributed by atoms with E-state index in [1.54, 1.807) is 12.1 Å². The molecule has 102 valence electrons. The van der Waals surface area contributed by atoms with Gasteiger partial charge in [-0.3, -0.25) is 0 Å². The summed E-state index contributed by atoms with van der Waals surface area (Å²) in [7, 11) is 0. The molecule has 0 amide bonds. The molecule has 0 saturated carbocycles. The van der Waals surface area contributed by atoms with Gasteiger partial charge in [0.05, 0.1) is 15.7 Å². The van der Waals surface area contributed by atoms with Crippen molar-refractivity contribution in [3.63, 3.8) is 0 Å². The van der Waals surface area contributed by atoms with Crippen molar-refractivity contribution in [2.75, 3.05) is 5.32 Å². The fourth-order valence-corrected chi connectivity index (χ4v) is 2.25. The molecule has 0 aliphatic heterocycles. The lowest BCUT2D eigenvalue weighted by Crippen LogP contribution is -2.08. The van der Waals surface area contributed by atoms with E-state index in [4.69, 9.17) is 5.26 Å². The van der Waals surface area contributed by atoms with Crippen molar-refractivity contribution in [1.29, 1.82) is 5.26 Å². The van der Waals surface area contributed by atoms with E-state index in [1.165, 1.54) is 24.3 Å². The average molecular weight is 337 g/mol. The third-order valence-corrected chi connectivity index (χ3v) is 3.72. The molecule has 5 heteroatoms. The SMILES string of the molecule is CC(Nc1ccc(C#N)c(Br)c1F)c1ccc(F)cc1. The van der Waals surface area contributed by atoms with Crippen LogP contribution in [0.2, 0.25) is 0 Å². The Balaban J connectivity index is 2.24. The van der Waals surface area contributed by atoms with Gasteiger partial charge in [0.1, 0.15) is 11.9 Å². The molecule has 2 aromatic rings. The van der Waals surface area contributed by atoms with Crippen LogP contribution in [0.1, 0.15) is 24.1 Å². The second-order valence-electron chi connectivity index (χ2n) is 4.32. The zero-order valence-electron chi connectivity index (χ0n) is 10.6. The Kier molecular flexibility index (Phi) is 4.35. The quantitative estimate of drug-likeness (QED) is 0.876. The molecular weight excluding hydrogens is 326 g/mol. The summed E-state index contributed by atoms with van der Waals surface area (Å²) in [5.41, 5.74) is 1.36. The van der Waals surface area contributed by atoms with Crippen LogP contribution in [-0.2, 0) is 0 Å². The topological polar surface area (TPSA) is 35.8 Å². The highest BCUT2D eigenvalue weighted by molar-refractivity contribution is 9.10. The monoisotopic (exact) mass is 336 g/mol. The van der Waals surface area contributed by atoms with Gasteiger partial charge in [0.15, 0.2) is 5.82 Å². The van der Waals surface area contributed by atoms with Gasteiger partial charge < -0.3 is 5.32 Å². The molecular formula is C15H11BrF2N2. The largest absolute Gasteiger partial charge is 0.376 e. The van der Waals surface area contributed by atoms with E-state index in [2.05, 4.69) is 21.2 Å². The number of nitriles is 1. The molecule has 0 radical (unpaired) electrons. The van der Waals surface area contributed by atoms with E-state index >= 15 is 0 Å². The molecule has 0 aliphatic carbocycles. The minimum atomic E-state index is -0.516. The van der Waals surface area contributed by atoms with Crippen LogP contribution in [0.25, 0.3) is 0 Å². The van der Waals surface area contributed by atoms with Gasteiger partial charge in [0.25, 0.3) is 0 Å². The van der Waals surface area contributed by atoms with Gasteiger partial charge in [-0.05, 0) is 52.7 Å². The first-order valence-electron chi connectivity index (χ1n) is 5.93. The van der Waals surface area contributed by atoms with Crippen molar-refractivity contribution in [3.05, 3.63) is 63.6 Å². The Bertz CT molecular complexity index is 663.